The Morgan fingerprint density at radius 1 is 1.14 bits per heavy atom. The molecule has 1 N–H and O–H groups in total. The molecule has 1 fully saturated rings. The van der Waals surface area contributed by atoms with Gasteiger partial charge in [-0.3, -0.25) is 0 Å². The number of H-pyrrole nitrogens is 1. The molecule has 0 spiro atoms. The smallest absolute Gasteiger partial charge is 0.399 e. The number of tetrazole rings is 1. The molecule has 0 unspecified atom stereocenters. The maximum absolute atomic E-state index is 13.7. The van der Waals surface area contributed by atoms with Crippen molar-refractivity contribution in [2.45, 2.75) is 38.9 Å². The Kier molecular flexibility index (Phi) is 3.10. The zero-order valence-corrected chi connectivity index (χ0v) is 12.3. The highest BCUT2D eigenvalue weighted by Crippen LogP contribution is 2.37. The molecule has 1 aromatic carbocycles. The van der Waals surface area contributed by atoms with Crippen molar-refractivity contribution in [3.8, 4) is 11.4 Å². The lowest BCUT2D eigenvalue weighted by molar-refractivity contribution is 0.00578. The van der Waals surface area contributed by atoms with E-state index in [9.17, 15) is 4.39 Å². The number of nitrogens with zero attached hydrogens (tertiary/aromatic N) is 3. The van der Waals surface area contributed by atoms with Gasteiger partial charge in [0.15, 0.2) is 5.82 Å². The van der Waals surface area contributed by atoms with E-state index >= 15 is 0 Å². The molecule has 2 aromatic rings. The van der Waals surface area contributed by atoms with Crippen LogP contribution in [0.15, 0.2) is 18.2 Å². The van der Waals surface area contributed by atoms with E-state index in [0.29, 0.717) is 16.9 Å². The molecular formula is C13H16BFN4O2. The lowest BCUT2D eigenvalue weighted by atomic mass is 9.75. The highest BCUT2D eigenvalue weighted by Gasteiger charge is 2.52. The summed E-state index contributed by atoms with van der Waals surface area (Å²) in [6.07, 6.45) is 0. The average Bonchev–Trinajstić information content (AvgIpc) is 2.97. The van der Waals surface area contributed by atoms with Crippen molar-refractivity contribution < 1.29 is 13.7 Å². The molecule has 1 aliphatic heterocycles. The summed E-state index contributed by atoms with van der Waals surface area (Å²) in [6.45, 7) is 7.79. The van der Waals surface area contributed by atoms with E-state index in [1.807, 2.05) is 27.7 Å². The molecule has 1 aliphatic rings. The second kappa shape index (κ2) is 4.61. The minimum absolute atomic E-state index is 0.365. The van der Waals surface area contributed by atoms with Crippen molar-refractivity contribution in [3.63, 3.8) is 0 Å². The number of hydrogen-bond donors (Lipinski definition) is 1. The molecule has 3 rings (SSSR count). The van der Waals surface area contributed by atoms with Crippen LogP contribution in [-0.4, -0.2) is 38.9 Å². The zero-order valence-electron chi connectivity index (χ0n) is 12.3. The predicted molar refractivity (Wildman–Crippen MR) is 75.3 cm³/mol. The van der Waals surface area contributed by atoms with Gasteiger partial charge in [0.25, 0.3) is 0 Å². The third-order valence-electron chi connectivity index (χ3n) is 4.12. The van der Waals surface area contributed by atoms with Crippen LogP contribution in [0, 0.1) is 5.82 Å². The molecule has 0 radical (unpaired) electrons. The summed E-state index contributed by atoms with van der Waals surface area (Å²) >= 11 is 0. The topological polar surface area (TPSA) is 72.9 Å². The van der Waals surface area contributed by atoms with Crippen LogP contribution in [0.1, 0.15) is 27.7 Å². The van der Waals surface area contributed by atoms with Crippen LogP contribution in [0.2, 0.25) is 0 Å². The Morgan fingerprint density at radius 3 is 2.38 bits per heavy atom. The molecule has 21 heavy (non-hydrogen) atoms. The Labute approximate surface area is 122 Å². The van der Waals surface area contributed by atoms with Crippen LogP contribution in [0.5, 0.6) is 0 Å². The minimum Gasteiger partial charge on any atom is -0.399 e. The molecule has 0 atom stereocenters. The molecule has 8 heteroatoms. The fourth-order valence-electron chi connectivity index (χ4n) is 2.19. The number of halogens is 1. The van der Waals surface area contributed by atoms with Crippen LogP contribution in [0.25, 0.3) is 11.4 Å². The summed E-state index contributed by atoms with van der Waals surface area (Å²) in [5.41, 5.74) is 0.217. The fourth-order valence-corrected chi connectivity index (χ4v) is 2.19. The Morgan fingerprint density at radius 2 is 1.81 bits per heavy atom. The second-order valence-electron chi connectivity index (χ2n) is 6.07. The van der Waals surface area contributed by atoms with Gasteiger partial charge in [0.1, 0.15) is 5.82 Å². The van der Waals surface area contributed by atoms with Crippen LogP contribution in [0.3, 0.4) is 0 Å². The maximum Gasteiger partial charge on any atom is 0.495 e. The number of aromatic nitrogens is 4. The van der Waals surface area contributed by atoms with Crippen molar-refractivity contribution >= 4 is 12.6 Å². The van der Waals surface area contributed by atoms with E-state index in [1.54, 1.807) is 6.07 Å². The lowest BCUT2D eigenvalue weighted by Crippen LogP contribution is -2.41. The molecule has 0 aliphatic carbocycles. The van der Waals surface area contributed by atoms with E-state index in [1.165, 1.54) is 12.1 Å². The van der Waals surface area contributed by atoms with Crippen LogP contribution in [-0.2, 0) is 9.31 Å². The van der Waals surface area contributed by atoms with Gasteiger partial charge < -0.3 is 9.31 Å². The first-order valence-electron chi connectivity index (χ1n) is 6.69. The van der Waals surface area contributed by atoms with Gasteiger partial charge in [-0.25, -0.2) is 9.49 Å². The van der Waals surface area contributed by atoms with Crippen molar-refractivity contribution in [3.05, 3.63) is 24.0 Å². The molecular weight excluding hydrogens is 274 g/mol. The third-order valence-corrected chi connectivity index (χ3v) is 4.12. The standard InChI is InChI=1S/C13H16BFN4O2/c1-12(2)13(3,4)21-14(20-12)10-7-8(15)5-6-9(10)11-16-18-19-17-11/h5-7H,1-4H3,(H,16,17,18,19). The van der Waals surface area contributed by atoms with E-state index in [0.717, 1.165) is 0 Å². The van der Waals surface area contributed by atoms with E-state index in [2.05, 4.69) is 20.6 Å². The van der Waals surface area contributed by atoms with Crippen LogP contribution < -0.4 is 5.46 Å². The molecule has 0 saturated carbocycles. The van der Waals surface area contributed by atoms with Gasteiger partial charge in [0.2, 0.25) is 0 Å². The monoisotopic (exact) mass is 290 g/mol. The van der Waals surface area contributed by atoms with Crippen LogP contribution >= 0.6 is 0 Å². The summed E-state index contributed by atoms with van der Waals surface area (Å²) in [5.74, 6) is 0.0793. The molecule has 1 saturated heterocycles. The summed E-state index contributed by atoms with van der Waals surface area (Å²) in [5, 5.41) is 13.6. The van der Waals surface area contributed by atoms with Crippen molar-refractivity contribution in [1.82, 2.24) is 20.6 Å². The Hall–Kier alpha value is -1.80. The highest BCUT2D eigenvalue weighted by molar-refractivity contribution is 6.63. The zero-order chi connectivity index (χ0) is 15.3. The first-order valence-corrected chi connectivity index (χ1v) is 6.69. The predicted octanol–water partition coefficient (Wildman–Crippen LogP) is 1.30. The van der Waals surface area contributed by atoms with Gasteiger partial charge in [-0.15, -0.1) is 5.10 Å². The summed E-state index contributed by atoms with van der Waals surface area (Å²) < 4.78 is 25.6. The summed E-state index contributed by atoms with van der Waals surface area (Å²) in [7, 11) is -0.675. The normalized spacial score (nSPS) is 20.0. The first-order chi connectivity index (χ1) is 9.80. The summed E-state index contributed by atoms with van der Waals surface area (Å²) in [6, 6.07) is 4.35. The van der Waals surface area contributed by atoms with Gasteiger partial charge in [-0.2, -0.15) is 0 Å². The minimum atomic E-state index is -0.675. The lowest BCUT2D eigenvalue weighted by Gasteiger charge is -2.32. The van der Waals surface area contributed by atoms with Crippen LogP contribution in [0.4, 0.5) is 4.39 Å². The van der Waals surface area contributed by atoms with Gasteiger partial charge in [0, 0.05) is 5.56 Å². The average molecular weight is 290 g/mol. The SMILES string of the molecule is CC1(C)OB(c2cc(F)ccc2-c2nnn[nH]2)OC1(C)C. The number of hydrogen-bond acceptors (Lipinski definition) is 5. The van der Waals surface area contributed by atoms with E-state index in [4.69, 9.17) is 9.31 Å². The molecule has 2 heterocycles. The molecule has 0 amide bonds. The van der Waals surface area contributed by atoms with Crippen molar-refractivity contribution in [2.75, 3.05) is 0 Å². The van der Waals surface area contributed by atoms with Crippen molar-refractivity contribution in [2.24, 2.45) is 0 Å². The van der Waals surface area contributed by atoms with E-state index < -0.39 is 18.3 Å². The van der Waals surface area contributed by atoms with E-state index in [-0.39, 0.29) is 5.82 Å². The number of rotatable bonds is 2. The number of benzene rings is 1. The quantitative estimate of drug-likeness (QED) is 0.844. The molecule has 0 bridgehead atoms. The molecule has 6 nitrogen and oxygen atoms in total. The maximum atomic E-state index is 13.7. The van der Waals surface area contributed by atoms with Gasteiger partial charge in [-0.05, 0) is 61.8 Å². The third kappa shape index (κ3) is 2.34. The van der Waals surface area contributed by atoms with Gasteiger partial charge >= 0.3 is 7.12 Å². The fraction of sp³-hybridized carbons (Fsp3) is 0.462. The molecule has 110 valence electrons. The van der Waals surface area contributed by atoms with Gasteiger partial charge in [0.05, 0.1) is 11.2 Å². The Balaban J connectivity index is 2.05. The second-order valence-corrected chi connectivity index (χ2v) is 6.07. The largest absolute Gasteiger partial charge is 0.495 e. The number of nitrogens with one attached hydrogen (secondary N) is 1. The Bertz CT molecular complexity index is 644. The molecule has 1 aromatic heterocycles. The van der Waals surface area contributed by atoms with Gasteiger partial charge in [-0.1, -0.05) is 0 Å². The first kappa shape index (κ1) is 14.2. The number of aromatic amines is 1. The van der Waals surface area contributed by atoms with Crippen molar-refractivity contribution in [1.29, 1.82) is 0 Å². The highest BCUT2D eigenvalue weighted by atomic mass is 19.1. The summed E-state index contributed by atoms with van der Waals surface area (Å²) in [4.78, 5) is 0.